The fourth-order valence-corrected chi connectivity index (χ4v) is 5.45. The lowest BCUT2D eigenvalue weighted by molar-refractivity contribution is 0.0564. The van der Waals surface area contributed by atoms with Crippen LogP contribution in [0.4, 0.5) is 10.5 Å². The summed E-state index contributed by atoms with van der Waals surface area (Å²) in [6, 6.07) is 11.4. The van der Waals surface area contributed by atoms with E-state index in [0.29, 0.717) is 62.7 Å². The van der Waals surface area contributed by atoms with Gasteiger partial charge in [-0.3, -0.25) is 4.57 Å². The SMILES string of the molecule is CCOc1ccc(S(=O)(=O)NC(C)c2cnc(Oc3ccc(C)cc3)n2CC)cc1NC(=O)N1CCOCC1. The molecule has 3 aromatic rings. The summed E-state index contributed by atoms with van der Waals surface area (Å²) in [4.78, 5) is 18.8. The van der Waals surface area contributed by atoms with E-state index in [4.69, 9.17) is 14.2 Å². The summed E-state index contributed by atoms with van der Waals surface area (Å²) in [7, 11) is -3.97. The van der Waals surface area contributed by atoms with Gasteiger partial charge in [-0.2, -0.15) is 0 Å². The highest BCUT2D eigenvalue weighted by Gasteiger charge is 2.25. The summed E-state index contributed by atoms with van der Waals surface area (Å²) in [5, 5.41) is 2.79. The van der Waals surface area contributed by atoms with E-state index in [2.05, 4.69) is 15.0 Å². The van der Waals surface area contributed by atoms with Crippen molar-refractivity contribution in [2.24, 2.45) is 0 Å². The van der Waals surface area contributed by atoms with Gasteiger partial charge in [0.15, 0.2) is 0 Å². The van der Waals surface area contributed by atoms with Crippen molar-refractivity contribution >= 4 is 21.7 Å². The fourth-order valence-electron chi connectivity index (χ4n) is 4.20. The molecule has 0 aliphatic carbocycles. The Hall–Kier alpha value is -3.61. The Kier molecular flexibility index (Phi) is 9.10. The highest BCUT2D eigenvalue weighted by molar-refractivity contribution is 7.89. The van der Waals surface area contributed by atoms with Crippen molar-refractivity contribution in [2.75, 3.05) is 38.2 Å². The summed E-state index contributed by atoms with van der Waals surface area (Å²) in [5.74, 6) is 1.02. The van der Waals surface area contributed by atoms with Crippen molar-refractivity contribution in [1.82, 2.24) is 19.2 Å². The Morgan fingerprint density at radius 3 is 2.51 bits per heavy atom. The molecule has 0 saturated carbocycles. The molecule has 2 heterocycles. The highest BCUT2D eigenvalue weighted by atomic mass is 32.2. The van der Waals surface area contributed by atoms with Crippen LogP contribution in [0.2, 0.25) is 0 Å². The molecule has 1 aromatic heterocycles. The van der Waals surface area contributed by atoms with Crippen molar-refractivity contribution in [3.05, 3.63) is 59.9 Å². The minimum Gasteiger partial charge on any atom is -0.492 e. The third kappa shape index (κ3) is 6.88. The minimum atomic E-state index is -3.97. The minimum absolute atomic E-state index is 0.00577. The number of carbonyl (C=O) groups is 1. The molecule has 0 bridgehead atoms. The maximum absolute atomic E-state index is 13.4. The van der Waals surface area contributed by atoms with Crippen LogP contribution in [0.25, 0.3) is 0 Å². The number of benzene rings is 2. The third-order valence-corrected chi connectivity index (χ3v) is 7.81. The summed E-state index contributed by atoms with van der Waals surface area (Å²) in [6.07, 6.45) is 1.60. The Balaban J connectivity index is 1.53. The van der Waals surface area contributed by atoms with Gasteiger partial charge in [-0.25, -0.2) is 22.9 Å². The van der Waals surface area contributed by atoms with Crippen LogP contribution in [-0.4, -0.2) is 61.8 Å². The summed E-state index contributed by atoms with van der Waals surface area (Å²) >= 11 is 0. The van der Waals surface area contributed by atoms with Crippen LogP contribution in [0.15, 0.2) is 53.6 Å². The summed E-state index contributed by atoms with van der Waals surface area (Å²) in [5.41, 5.74) is 2.04. The van der Waals surface area contributed by atoms with Crippen LogP contribution < -0.4 is 19.5 Å². The summed E-state index contributed by atoms with van der Waals surface area (Å²) in [6.45, 7) is 10.2. The zero-order chi connectivity index (χ0) is 28.0. The normalized spacial score (nSPS) is 14.6. The van der Waals surface area contributed by atoms with Gasteiger partial charge < -0.3 is 24.4 Å². The number of nitrogens with zero attached hydrogens (tertiary/aromatic N) is 3. The zero-order valence-corrected chi connectivity index (χ0v) is 23.5. The third-order valence-electron chi connectivity index (χ3n) is 6.27. The monoisotopic (exact) mass is 557 g/mol. The number of carbonyl (C=O) groups excluding carboxylic acids is 1. The molecule has 0 spiro atoms. The molecule has 2 amide bonds. The van der Waals surface area contributed by atoms with E-state index in [-0.39, 0.29) is 16.6 Å². The first-order valence-corrected chi connectivity index (χ1v) is 14.4. The number of rotatable bonds is 10. The van der Waals surface area contributed by atoms with Crippen LogP contribution in [0.3, 0.4) is 0 Å². The van der Waals surface area contributed by atoms with Gasteiger partial charge in [-0.1, -0.05) is 17.7 Å². The molecule has 0 radical (unpaired) electrons. The number of ether oxygens (including phenoxy) is 3. The number of aryl methyl sites for hydroxylation is 1. The van der Waals surface area contributed by atoms with Gasteiger partial charge in [-0.05, 0) is 58.0 Å². The quantitative estimate of drug-likeness (QED) is 0.381. The molecule has 12 heteroatoms. The molecule has 4 rings (SSSR count). The second kappa shape index (κ2) is 12.5. The molecule has 1 unspecified atom stereocenters. The number of nitrogens with one attached hydrogen (secondary N) is 2. The molecule has 210 valence electrons. The lowest BCUT2D eigenvalue weighted by Crippen LogP contribution is -2.43. The first-order chi connectivity index (χ1) is 18.7. The number of morpholine rings is 1. The van der Waals surface area contributed by atoms with Crippen molar-refractivity contribution in [3.63, 3.8) is 0 Å². The van der Waals surface area contributed by atoms with E-state index in [9.17, 15) is 13.2 Å². The average Bonchev–Trinajstić information content (AvgIpc) is 3.34. The largest absolute Gasteiger partial charge is 0.492 e. The second-order valence-corrected chi connectivity index (χ2v) is 10.8. The fraction of sp³-hybridized carbons (Fsp3) is 0.407. The first-order valence-electron chi connectivity index (χ1n) is 12.9. The molecule has 1 atom stereocenters. The molecule has 39 heavy (non-hydrogen) atoms. The number of amides is 2. The van der Waals surface area contributed by atoms with Gasteiger partial charge in [0.2, 0.25) is 10.0 Å². The van der Waals surface area contributed by atoms with E-state index in [1.165, 1.54) is 12.1 Å². The number of anilines is 1. The molecule has 1 aliphatic heterocycles. The Bertz CT molecular complexity index is 1380. The van der Waals surface area contributed by atoms with Gasteiger partial charge in [0, 0.05) is 19.6 Å². The maximum atomic E-state index is 13.4. The van der Waals surface area contributed by atoms with Crippen molar-refractivity contribution < 1.29 is 27.4 Å². The topological polar surface area (TPSA) is 124 Å². The predicted octanol–water partition coefficient (Wildman–Crippen LogP) is 4.31. The van der Waals surface area contributed by atoms with Crippen LogP contribution in [0, 0.1) is 6.92 Å². The molecule has 1 saturated heterocycles. The summed E-state index contributed by atoms with van der Waals surface area (Å²) < 4.78 is 48.2. The number of hydrogen-bond acceptors (Lipinski definition) is 7. The van der Waals surface area contributed by atoms with E-state index in [1.54, 1.807) is 24.1 Å². The van der Waals surface area contributed by atoms with E-state index >= 15 is 0 Å². The number of aromatic nitrogens is 2. The standard InChI is InChI=1S/C27H35N5O6S/c1-5-32-24(18-28-27(32)38-21-9-7-19(3)8-10-21)20(4)30-39(34,35)22-11-12-25(37-6-2)23(17-22)29-26(33)31-13-15-36-16-14-31/h7-12,17-18,20,30H,5-6,13-16H2,1-4H3,(H,29,33). The van der Waals surface area contributed by atoms with Crippen molar-refractivity contribution in [2.45, 2.75) is 45.2 Å². The number of imidazole rings is 1. The van der Waals surface area contributed by atoms with Crippen LogP contribution in [-0.2, 0) is 21.3 Å². The van der Waals surface area contributed by atoms with Gasteiger partial charge >= 0.3 is 12.0 Å². The highest BCUT2D eigenvalue weighted by Crippen LogP contribution is 2.30. The van der Waals surface area contributed by atoms with Crippen LogP contribution >= 0.6 is 0 Å². The zero-order valence-electron chi connectivity index (χ0n) is 22.6. The first kappa shape index (κ1) is 28.4. The molecule has 2 aromatic carbocycles. The van der Waals surface area contributed by atoms with Gasteiger partial charge in [-0.15, -0.1) is 0 Å². The van der Waals surface area contributed by atoms with Gasteiger partial charge in [0.1, 0.15) is 11.5 Å². The number of urea groups is 1. The molecular formula is C27H35N5O6S. The lowest BCUT2D eigenvalue weighted by Gasteiger charge is -2.27. The van der Waals surface area contributed by atoms with Crippen molar-refractivity contribution in [3.8, 4) is 17.5 Å². The molecule has 1 aliphatic rings. The number of sulfonamides is 1. The lowest BCUT2D eigenvalue weighted by atomic mass is 10.2. The van der Waals surface area contributed by atoms with E-state index < -0.39 is 16.1 Å². The van der Waals surface area contributed by atoms with Crippen LogP contribution in [0.1, 0.15) is 38.1 Å². The van der Waals surface area contributed by atoms with Gasteiger partial charge in [0.05, 0.1) is 48.3 Å². The number of hydrogen-bond donors (Lipinski definition) is 2. The Morgan fingerprint density at radius 2 is 1.85 bits per heavy atom. The average molecular weight is 558 g/mol. The molecular weight excluding hydrogens is 522 g/mol. The van der Waals surface area contributed by atoms with Crippen LogP contribution in [0.5, 0.6) is 17.5 Å². The Labute approximate surface area is 229 Å². The second-order valence-electron chi connectivity index (χ2n) is 9.09. The van der Waals surface area contributed by atoms with E-state index in [1.807, 2.05) is 49.6 Å². The maximum Gasteiger partial charge on any atom is 0.322 e. The molecule has 1 fully saturated rings. The van der Waals surface area contributed by atoms with Gasteiger partial charge in [0.25, 0.3) is 0 Å². The van der Waals surface area contributed by atoms with Crippen molar-refractivity contribution in [1.29, 1.82) is 0 Å². The predicted molar refractivity (Wildman–Crippen MR) is 147 cm³/mol. The van der Waals surface area contributed by atoms with E-state index in [0.717, 1.165) is 5.56 Å². The smallest absolute Gasteiger partial charge is 0.322 e. The molecule has 11 nitrogen and oxygen atoms in total. The molecule has 2 N–H and O–H groups in total. The Morgan fingerprint density at radius 1 is 1.13 bits per heavy atom.